The van der Waals surface area contributed by atoms with Crippen molar-refractivity contribution in [2.45, 2.75) is 106 Å². The molecule has 0 spiro atoms. The molecule has 52 heavy (non-hydrogen) atoms. The van der Waals surface area contributed by atoms with Crippen molar-refractivity contribution in [3.63, 3.8) is 0 Å². The van der Waals surface area contributed by atoms with Gasteiger partial charge in [-0.05, 0) is 60.1 Å². The molecule has 13 heteroatoms. The smallest absolute Gasteiger partial charge is 0.331 e. The van der Waals surface area contributed by atoms with E-state index in [-0.39, 0.29) is 29.7 Å². The lowest BCUT2D eigenvalue weighted by Crippen LogP contribution is -2.49. The number of rotatable bonds is 9. The second-order valence-electron chi connectivity index (χ2n) is 13.4. The summed E-state index contributed by atoms with van der Waals surface area (Å²) in [4.78, 5) is 75.7. The van der Waals surface area contributed by atoms with Crippen molar-refractivity contribution in [2.24, 2.45) is 11.3 Å². The van der Waals surface area contributed by atoms with Gasteiger partial charge in [-0.15, -0.1) is 0 Å². The molecule has 0 radical (unpaired) electrons. The van der Waals surface area contributed by atoms with E-state index in [2.05, 4.69) is 0 Å². The molecule has 3 rings (SSSR count). The zero-order chi connectivity index (χ0) is 38.9. The molecule has 282 valence electrons. The van der Waals surface area contributed by atoms with Crippen LogP contribution in [-0.4, -0.2) is 78.0 Å². The SMILES string of the molecule is CC(=O)OC1=C(C)[C@@H](OC(C)=O)C[C@@H](O)/C(COC(=O)/C=C/c2ccccc2)=C\[C@H](OC(C)=O)[C@@H]2C[C@H](OC(C)=O)C(C)=C([C@H]1OC(C)=O)C2(C)C. The monoisotopic (exact) mass is 724 g/mol. The highest BCUT2D eigenvalue weighted by Gasteiger charge is 2.51. The fraction of sp³-hybridized carbons (Fsp3) is 0.487. The minimum absolute atomic E-state index is 0.108. The standard InChI is InChI=1S/C39H48O13/c1-21-32(48-23(3)40)18-30-34(50-25(5)42)17-29(20-47-35(46)16-15-28-13-11-10-12-14-28)31(45)19-33(49-24(4)41)22(2)37(51-26(6)43)38(52-27(7)44)36(21)39(30,8)9/h10-17,30-34,38,45H,18-20H2,1-9H3/b16-15+,29-17-,37-22?/t30-,31+,32-,33-,34-,38+/m0/s1. The Balaban J connectivity index is 2.36. The molecule has 2 aliphatic rings. The highest BCUT2D eigenvalue weighted by atomic mass is 16.6. The summed E-state index contributed by atoms with van der Waals surface area (Å²) in [5.74, 6) is -5.19. The number of carbonyl (C=O) groups excluding carboxylic acids is 6. The fourth-order valence-corrected chi connectivity index (χ4v) is 6.76. The summed E-state index contributed by atoms with van der Waals surface area (Å²) < 4.78 is 34.5. The van der Waals surface area contributed by atoms with E-state index >= 15 is 0 Å². The number of carbonyl (C=O) groups is 6. The van der Waals surface area contributed by atoms with Gasteiger partial charge in [-0.2, -0.15) is 0 Å². The number of aliphatic hydroxyl groups excluding tert-OH is 1. The van der Waals surface area contributed by atoms with E-state index in [0.29, 0.717) is 11.1 Å². The Morgan fingerprint density at radius 2 is 1.33 bits per heavy atom. The van der Waals surface area contributed by atoms with Crippen molar-refractivity contribution in [2.75, 3.05) is 6.61 Å². The predicted molar refractivity (Wildman–Crippen MR) is 186 cm³/mol. The van der Waals surface area contributed by atoms with E-state index in [1.54, 1.807) is 25.1 Å². The van der Waals surface area contributed by atoms with E-state index in [1.807, 2.05) is 32.0 Å². The normalized spacial score (nSPS) is 25.8. The van der Waals surface area contributed by atoms with Gasteiger partial charge < -0.3 is 33.5 Å². The van der Waals surface area contributed by atoms with Crippen LogP contribution < -0.4 is 0 Å². The van der Waals surface area contributed by atoms with Crippen LogP contribution in [0.15, 0.2) is 70.5 Å². The second kappa shape index (κ2) is 17.9. The third kappa shape index (κ3) is 11.0. The third-order valence-electron chi connectivity index (χ3n) is 9.06. The van der Waals surface area contributed by atoms with Crippen LogP contribution in [0.2, 0.25) is 0 Å². The van der Waals surface area contributed by atoms with Crippen LogP contribution in [0.1, 0.15) is 80.7 Å². The largest absolute Gasteiger partial charge is 0.458 e. The first-order valence-corrected chi connectivity index (χ1v) is 16.9. The van der Waals surface area contributed by atoms with Gasteiger partial charge in [-0.25, -0.2) is 4.79 Å². The fourth-order valence-electron chi connectivity index (χ4n) is 6.76. The second-order valence-corrected chi connectivity index (χ2v) is 13.4. The molecular weight excluding hydrogens is 676 g/mol. The predicted octanol–water partition coefficient (Wildman–Crippen LogP) is 4.86. The maximum atomic E-state index is 12.9. The van der Waals surface area contributed by atoms with Crippen LogP contribution in [0.3, 0.4) is 0 Å². The van der Waals surface area contributed by atoms with Gasteiger partial charge in [0, 0.05) is 58.6 Å². The summed E-state index contributed by atoms with van der Waals surface area (Å²) in [5.41, 5.74) is 0.792. The van der Waals surface area contributed by atoms with E-state index in [0.717, 1.165) is 19.4 Å². The molecule has 1 N–H and O–H groups in total. The molecule has 0 unspecified atom stereocenters. The Morgan fingerprint density at radius 1 is 0.769 bits per heavy atom. The summed E-state index contributed by atoms with van der Waals surface area (Å²) in [6.45, 7) is 12.3. The minimum Gasteiger partial charge on any atom is -0.458 e. The zero-order valence-electron chi connectivity index (χ0n) is 31.1. The first-order valence-electron chi connectivity index (χ1n) is 16.9. The number of ether oxygens (including phenoxy) is 6. The molecule has 0 heterocycles. The van der Waals surface area contributed by atoms with Gasteiger partial charge in [-0.3, -0.25) is 24.0 Å². The Labute approximate surface area is 303 Å². The van der Waals surface area contributed by atoms with Gasteiger partial charge in [0.1, 0.15) is 24.9 Å². The molecule has 13 nitrogen and oxygen atoms in total. The Bertz CT molecular complexity index is 1660. The highest BCUT2D eigenvalue weighted by molar-refractivity contribution is 5.87. The lowest BCUT2D eigenvalue weighted by Gasteiger charge is -2.48. The maximum absolute atomic E-state index is 12.9. The first-order chi connectivity index (χ1) is 24.3. The zero-order valence-corrected chi connectivity index (χ0v) is 31.1. The van der Waals surface area contributed by atoms with Crippen molar-refractivity contribution < 1.29 is 62.3 Å². The lowest BCUT2D eigenvalue weighted by atomic mass is 9.60. The van der Waals surface area contributed by atoms with Gasteiger partial charge in [0.25, 0.3) is 0 Å². The molecule has 1 aromatic carbocycles. The third-order valence-corrected chi connectivity index (χ3v) is 9.06. The number of hydrogen-bond donors (Lipinski definition) is 1. The number of fused-ring (bicyclic) bond motifs is 2. The van der Waals surface area contributed by atoms with Crippen LogP contribution >= 0.6 is 0 Å². The average Bonchev–Trinajstić information content (AvgIpc) is 3.03. The van der Waals surface area contributed by atoms with Crippen molar-refractivity contribution in [1.29, 1.82) is 0 Å². The molecule has 0 aliphatic heterocycles. The van der Waals surface area contributed by atoms with Crippen molar-refractivity contribution >= 4 is 41.9 Å². The van der Waals surface area contributed by atoms with Gasteiger partial charge in [0.2, 0.25) is 0 Å². The Morgan fingerprint density at radius 3 is 1.87 bits per heavy atom. The quantitative estimate of drug-likeness (QED) is 0.158. The summed E-state index contributed by atoms with van der Waals surface area (Å²) >= 11 is 0. The molecular formula is C39H48O13. The number of esters is 6. The van der Waals surface area contributed by atoms with E-state index in [4.69, 9.17) is 28.4 Å². The van der Waals surface area contributed by atoms with Crippen LogP contribution in [-0.2, 0) is 57.2 Å². The van der Waals surface area contributed by atoms with Gasteiger partial charge in [0.05, 0.1) is 6.10 Å². The maximum Gasteiger partial charge on any atom is 0.331 e. The van der Waals surface area contributed by atoms with Crippen LogP contribution in [0.4, 0.5) is 0 Å². The van der Waals surface area contributed by atoms with Crippen LogP contribution in [0.25, 0.3) is 6.08 Å². The molecule has 0 saturated carbocycles. The summed E-state index contributed by atoms with van der Waals surface area (Å²) in [7, 11) is 0. The van der Waals surface area contributed by atoms with Gasteiger partial charge in [-0.1, -0.05) is 44.2 Å². The molecule has 0 aromatic heterocycles. The minimum atomic E-state index is -1.49. The molecule has 0 fully saturated rings. The summed E-state index contributed by atoms with van der Waals surface area (Å²) in [5, 5.41) is 11.8. The molecule has 2 aliphatic carbocycles. The van der Waals surface area contributed by atoms with E-state index in [9.17, 15) is 33.9 Å². The van der Waals surface area contributed by atoms with Crippen molar-refractivity contribution in [3.8, 4) is 0 Å². The van der Waals surface area contributed by atoms with Crippen LogP contribution in [0, 0.1) is 11.3 Å². The number of aliphatic hydroxyl groups is 1. The highest BCUT2D eigenvalue weighted by Crippen LogP contribution is 2.51. The Hall–Kier alpha value is -5.04. The average molecular weight is 725 g/mol. The number of hydrogen-bond acceptors (Lipinski definition) is 13. The lowest BCUT2D eigenvalue weighted by molar-refractivity contribution is -0.156. The van der Waals surface area contributed by atoms with E-state index in [1.165, 1.54) is 39.8 Å². The molecule has 0 amide bonds. The van der Waals surface area contributed by atoms with Crippen molar-refractivity contribution in [1.82, 2.24) is 0 Å². The molecule has 1 aromatic rings. The summed E-state index contributed by atoms with van der Waals surface area (Å²) in [6.07, 6.45) is -2.16. The first kappa shape index (κ1) is 41.4. The molecule has 6 atom stereocenters. The molecule has 2 bridgehead atoms. The van der Waals surface area contributed by atoms with Crippen LogP contribution in [0.5, 0.6) is 0 Å². The molecule has 0 saturated heterocycles. The number of benzene rings is 1. The topological polar surface area (TPSA) is 178 Å². The Kier molecular flexibility index (Phi) is 14.3. The summed E-state index contributed by atoms with van der Waals surface area (Å²) in [6, 6.07) is 9.05. The van der Waals surface area contributed by atoms with E-state index < -0.39 is 84.3 Å². The van der Waals surface area contributed by atoms with Gasteiger partial charge >= 0.3 is 35.8 Å². The van der Waals surface area contributed by atoms with Crippen molar-refractivity contribution in [3.05, 3.63) is 76.1 Å². The van der Waals surface area contributed by atoms with Gasteiger partial charge in [0.15, 0.2) is 11.9 Å².